The van der Waals surface area contributed by atoms with E-state index < -0.39 is 0 Å². The molecule has 1 unspecified atom stereocenters. The summed E-state index contributed by atoms with van der Waals surface area (Å²) in [5.74, 6) is 0. The summed E-state index contributed by atoms with van der Waals surface area (Å²) in [5.41, 5.74) is 1.05. The molecule has 0 aliphatic carbocycles. The highest BCUT2D eigenvalue weighted by atomic mass is 79.9. The van der Waals surface area contributed by atoms with E-state index in [1.165, 1.54) is 4.90 Å². The quantitative estimate of drug-likeness (QED) is 0.749. The molecule has 0 aromatic heterocycles. The van der Waals surface area contributed by atoms with Crippen LogP contribution >= 0.6 is 15.9 Å². The van der Waals surface area contributed by atoms with Gasteiger partial charge in [0.2, 0.25) is 0 Å². The topological polar surface area (TPSA) is 52.6 Å². The Bertz CT molecular complexity index is 451. The summed E-state index contributed by atoms with van der Waals surface area (Å²) in [4.78, 5) is 13.8. The number of halogens is 1. The lowest BCUT2D eigenvalue weighted by atomic mass is 10.1. The van der Waals surface area contributed by atoms with E-state index >= 15 is 0 Å². The number of nitrogens with one attached hydrogen (secondary N) is 1. The number of nitrogens with zero attached hydrogens (tertiary/aromatic N) is 1. The maximum absolute atomic E-state index is 12.2. The molecule has 110 valence electrons. The molecule has 0 saturated carbocycles. The summed E-state index contributed by atoms with van der Waals surface area (Å²) in [5, 5.41) is 12.0. The van der Waals surface area contributed by atoms with Crippen LogP contribution < -0.4 is 5.32 Å². The number of hydrogen-bond donors (Lipinski definition) is 2. The number of carbonyl (C=O) groups excluding carboxylic acids is 1. The number of aliphatic hydroxyl groups excluding tert-OH is 1. The van der Waals surface area contributed by atoms with Crippen LogP contribution in [0.5, 0.6) is 0 Å². The van der Waals surface area contributed by atoms with Crippen LogP contribution in [0.2, 0.25) is 0 Å². The van der Waals surface area contributed by atoms with Crippen LogP contribution in [0, 0.1) is 0 Å². The van der Waals surface area contributed by atoms with Gasteiger partial charge in [0, 0.05) is 17.6 Å². The number of rotatable bonds is 7. The van der Waals surface area contributed by atoms with Crippen molar-refractivity contribution < 1.29 is 9.90 Å². The zero-order valence-electron chi connectivity index (χ0n) is 11.7. The lowest BCUT2D eigenvalue weighted by Gasteiger charge is -2.25. The summed E-state index contributed by atoms with van der Waals surface area (Å²) in [6.07, 6.45) is 2.43. The first-order valence-electron chi connectivity index (χ1n) is 6.65. The van der Waals surface area contributed by atoms with Gasteiger partial charge in [-0.3, -0.25) is 0 Å². The fourth-order valence-corrected chi connectivity index (χ4v) is 2.51. The normalized spacial score (nSPS) is 11.8. The minimum atomic E-state index is -0.193. The largest absolute Gasteiger partial charge is 0.395 e. The molecule has 0 heterocycles. The van der Waals surface area contributed by atoms with Crippen molar-refractivity contribution in [2.45, 2.75) is 19.4 Å². The molecule has 4 nitrogen and oxygen atoms in total. The van der Waals surface area contributed by atoms with Crippen molar-refractivity contribution in [3.05, 3.63) is 47.0 Å². The highest BCUT2D eigenvalue weighted by Gasteiger charge is 2.18. The molecule has 0 saturated heterocycles. The molecule has 1 rings (SSSR count). The van der Waals surface area contributed by atoms with Crippen LogP contribution in [-0.4, -0.2) is 35.7 Å². The van der Waals surface area contributed by atoms with E-state index in [0.717, 1.165) is 16.5 Å². The number of aliphatic hydroxyl groups is 1. The first-order valence-corrected chi connectivity index (χ1v) is 7.44. The Kier molecular flexibility index (Phi) is 7.33. The van der Waals surface area contributed by atoms with Crippen molar-refractivity contribution in [1.82, 2.24) is 10.2 Å². The van der Waals surface area contributed by atoms with Crippen molar-refractivity contribution in [2.24, 2.45) is 0 Å². The second-order valence-corrected chi connectivity index (χ2v) is 5.24. The summed E-state index contributed by atoms with van der Waals surface area (Å²) < 4.78 is 0.976. The fraction of sp³-hybridized carbons (Fsp3) is 0.400. The minimum absolute atomic E-state index is 0.0624. The van der Waals surface area contributed by atoms with Gasteiger partial charge in [-0.05, 0) is 18.1 Å². The van der Waals surface area contributed by atoms with Crippen molar-refractivity contribution in [2.75, 3.05) is 19.7 Å². The Morgan fingerprint density at radius 3 is 2.80 bits per heavy atom. The van der Waals surface area contributed by atoms with Crippen molar-refractivity contribution >= 4 is 22.0 Å². The molecule has 1 atom stereocenters. The second-order valence-electron chi connectivity index (χ2n) is 4.39. The van der Waals surface area contributed by atoms with Gasteiger partial charge in [-0.2, -0.15) is 0 Å². The average molecular weight is 341 g/mol. The summed E-state index contributed by atoms with van der Waals surface area (Å²) in [6, 6.07) is 7.58. The van der Waals surface area contributed by atoms with Crippen LogP contribution in [0.1, 0.15) is 24.9 Å². The number of hydrogen-bond acceptors (Lipinski definition) is 2. The van der Waals surface area contributed by atoms with E-state index in [4.69, 9.17) is 5.11 Å². The smallest absolute Gasteiger partial charge is 0.318 e. The third-order valence-corrected chi connectivity index (χ3v) is 3.72. The molecule has 0 aliphatic rings. The number of urea groups is 1. The lowest BCUT2D eigenvalue weighted by Crippen LogP contribution is -2.43. The zero-order chi connectivity index (χ0) is 15.0. The first kappa shape index (κ1) is 16.7. The monoisotopic (exact) mass is 340 g/mol. The minimum Gasteiger partial charge on any atom is -0.395 e. The summed E-state index contributed by atoms with van der Waals surface area (Å²) >= 11 is 3.51. The maximum atomic E-state index is 12.2. The molecular weight excluding hydrogens is 320 g/mol. The Hall–Kier alpha value is -1.33. The second kappa shape index (κ2) is 8.76. The predicted molar refractivity (Wildman–Crippen MR) is 84.6 cm³/mol. The lowest BCUT2D eigenvalue weighted by molar-refractivity contribution is 0.180. The molecule has 0 aliphatic heterocycles. The molecule has 1 aromatic carbocycles. The Morgan fingerprint density at radius 2 is 2.25 bits per heavy atom. The maximum Gasteiger partial charge on any atom is 0.318 e. The highest BCUT2D eigenvalue weighted by molar-refractivity contribution is 9.10. The number of carbonyl (C=O) groups is 1. The number of amides is 2. The molecule has 1 aromatic rings. The molecule has 2 amide bonds. The highest BCUT2D eigenvalue weighted by Crippen LogP contribution is 2.25. The third-order valence-electron chi connectivity index (χ3n) is 2.99. The standard InChI is InChI=1S/C15H21BrN2O2/c1-3-9-18(10-11-19)15(20)17-14(4-2)12-7-5-6-8-13(12)16/h3,5-8,14,19H,1,4,9-11H2,2H3,(H,17,20). The van der Waals surface area contributed by atoms with Crippen LogP contribution in [0.15, 0.2) is 41.4 Å². The van der Waals surface area contributed by atoms with Crippen molar-refractivity contribution in [3.63, 3.8) is 0 Å². The molecular formula is C15H21BrN2O2. The van der Waals surface area contributed by atoms with Gasteiger partial charge in [-0.1, -0.05) is 47.1 Å². The molecule has 20 heavy (non-hydrogen) atoms. The van der Waals surface area contributed by atoms with Gasteiger partial charge in [-0.25, -0.2) is 4.79 Å². The van der Waals surface area contributed by atoms with Gasteiger partial charge < -0.3 is 15.3 Å². The third kappa shape index (κ3) is 4.65. The summed E-state index contributed by atoms with van der Waals surface area (Å²) in [7, 11) is 0. The molecule has 0 bridgehead atoms. The van der Waals surface area contributed by atoms with Gasteiger partial charge in [0.05, 0.1) is 12.6 Å². The van der Waals surface area contributed by atoms with Gasteiger partial charge in [0.25, 0.3) is 0 Å². The van der Waals surface area contributed by atoms with Gasteiger partial charge in [0.15, 0.2) is 0 Å². The Labute approximate surface area is 128 Å². The van der Waals surface area contributed by atoms with Gasteiger partial charge in [-0.15, -0.1) is 6.58 Å². The van der Waals surface area contributed by atoms with E-state index in [9.17, 15) is 4.79 Å². The Balaban J connectivity index is 2.79. The molecule has 0 radical (unpaired) electrons. The van der Waals surface area contributed by atoms with Gasteiger partial charge in [0.1, 0.15) is 0 Å². The average Bonchev–Trinajstić information content (AvgIpc) is 2.45. The molecule has 2 N–H and O–H groups in total. The van der Waals surface area contributed by atoms with Crippen molar-refractivity contribution in [1.29, 1.82) is 0 Å². The summed E-state index contributed by atoms with van der Waals surface area (Å²) in [6.45, 7) is 6.30. The van der Waals surface area contributed by atoms with Gasteiger partial charge >= 0.3 is 6.03 Å². The van der Waals surface area contributed by atoms with Crippen LogP contribution in [0.3, 0.4) is 0 Å². The molecule has 0 fully saturated rings. The predicted octanol–water partition coefficient (Wildman–Crippen LogP) is 3.09. The van der Waals surface area contributed by atoms with E-state index in [0.29, 0.717) is 13.1 Å². The molecule has 0 spiro atoms. The van der Waals surface area contributed by atoms with E-state index in [1.54, 1.807) is 6.08 Å². The van der Waals surface area contributed by atoms with Crippen LogP contribution in [0.25, 0.3) is 0 Å². The van der Waals surface area contributed by atoms with Crippen molar-refractivity contribution in [3.8, 4) is 0 Å². The fourth-order valence-electron chi connectivity index (χ4n) is 1.95. The van der Waals surface area contributed by atoms with E-state index in [-0.39, 0.29) is 18.7 Å². The SMILES string of the molecule is C=CCN(CCO)C(=O)NC(CC)c1ccccc1Br. The molecule has 5 heteroatoms. The van der Waals surface area contributed by atoms with E-state index in [2.05, 4.69) is 27.8 Å². The zero-order valence-corrected chi connectivity index (χ0v) is 13.3. The van der Waals surface area contributed by atoms with E-state index in [1.807, 2.05) is 31.2 Å². The number of benzene rings is 1. The first-order chi connectivity index (χ1) is 9.63. The Morgan fingerprint density at radius 1 is 1.55 bits per heavy atom. The van der Waals surface area contributed by atoms with Crippen LogP contribution in [0.4, 0.5) is 4.79 Å². The van der Waals surface area contributed by atoms with Crippen LogP contribution in [-0.2, 0) is 0 Å².